The Kier molecular flexibility index (Phi) is 8.81. The second kappa shape index (κ2) is 10.9. The summed E-state index contributed by atoms with van der Waals surface area (Å²) in [7, 11) is 0. The second-order valence-corrected chi connectivity index (χ2v) is 8.36. The van der Waals surface area contributed by atoms with Crippen LogP contribution < -0.4 is 0 Å². The number of carbonyl (C=O) groups is 1. The highest BCUT2D eigenvalue weighted by Crippen LogP contribution is 2.32. The van der Waals surface area contributed by atoms with Crippen LogP contribution in [0.2, 0.25) is 0 Å². The van der Waals surface area contributed by atoms with E-state index in [1.165, 1.54) is 6.92 Å². The van der Waals surface area contributed by atoms with Gasteiger partial charge in [0.15, 0.2) is 25.0 Å². The number of rotatable bonds is 6. The molecule has 0 bridgehead atoms. The minimum atomic E-state index is -2.03. The number of hydrogen-bond acceptors (Lipinski definition) is 15. The molecule has 0 aliphatic carbocycles. The molecule has 0 aromatic heterocycles. The summed E-state index contributed by atoms with van der Waals surface area (Å²) in [6, 6.07) is 0. The van der Waals surface area contributed by atoms with Crippen molar-refractivity contribution in [1.29, 1.82) is 0 Å². The van der Waals surface area contributed by atoms with Crippen LogP contribution in [-0.4, -0.2) is 156 Å². The number of carboxylic acid groups (broad SMARTS) is 1. The molecule has 3 fully saturated rings. The van der Waals surface area contributed by atoms with Crippen LogP contribution in [0, 0.1) is 0 Å². The highest BCUT2D eigenvalue weighted by molar-refractivity contribution is 5.73. The summed E-state index contributed by atoms with van der Waals surface area (Å²) in [5, 5.41) is 99.7. The Morgan fingerprint density at radius 1 is 0.706 bits per heavy atom. The van der Waals surface area contributed by atoms with Gasteiger partial charge in [0.1, 0.15) is 61.0 Å². The van der Waals surface area contributed by atoms with Gasteiger partial charge in [-0.15, -0.1) is 0 Å². The maximum Gasteiger partial charge on any atom is 0.335 e. The van der Waals surface area contributed by atoms with Crippen molar-refractivity contribution in [2.45, 2.75) is 99.0 Å². The van der Waals surface area contributed by atoms with Gasteiger partial charge in [-0.3, -0.25) is 0 Å². The Bertz CT molecular complexity index is 695. The lowest BCUT2D eigenvalue weighted by Crippen LogP contribution is -2.66. The molecule has 16 heteroatoms. The van der Waals surface area contributed by atoms with E-state index in [4.69, 9.17) is 23.7 Å². The average Bonchev–Trinajstić information content (AvgIpc) is 2.79. The zero-order valence-electron chi connectivity index (χ0n) is 17.8. The van der Waals surface area contributed by atoms with Gasteiger partial charge in [-0.2, -0.15) is 0 Å². The van der Waals surface area contributed by atoms with Crippen LogP contribution in [0.15, 0.2) is 0 Å². The lowest BCUT2D eigenvalue weighted by atomic mass is 9.96. The summed E-state index contributed by atoms with van der Waals surface area (Å²) in [5.74, 6) is -1.69. The van der Waals surface area contributed by atoms with Gasteiger partial charge in [0.2, 0.25) is 0 Å². The van der Waals surface area contributed by atoms with Crippen LogP contribution in [0.3, 0.4) is 0 Å². The predicted molar refractivity (Wildman–Crippen MR) is 100 cm³/mol. The van der Waals surface area contributed by atoms with Gasteiger partial charge in [-0.25, -0.2) is 4.79 Å². The van der Waals surface area contributed by atoms with Crippen molar-refractivity contribution in [3.63, 3.8) is 0 Å². The summed E-state index contributed by atoms with van der Waals surface area (Å²) in [4.78, 5) is 11.3. The Morgan fingerprint density at radius 2 is 1.24 bits per heavy atom. The summed E-state index contributed by atoms with van der Waals surface area (Å²) >= 11 is 0. The topological polar surface area (TPSA) is 266 Å². The summed E-state index contributed by atoms with van der Waals surface area (Å²) in [5.41, 5.74) is 0. The molecule has 0 aromatic rings. The first-order valence-corrected chi connectivity index (χ1v) is 10.4. The third-order valence-corrected chi connectivity index (χ3v) is 6.02. The zero-order valence-corrected chi connectivity index (χ0v) is 17.8. The SMILES string of the molecule is C[C@@H]1O[C@@H](O[C@H]2[C@H](O)[C@@H](CO)OC(O)[C@H]2O[C@@H]2O[C@H](C(=O)O)[C@@H](O)[C@H](O)[C@H]2O)[C@H](O)[C@H](O)[C@H]1O. The van der Waals surface area contributed by atoms with Gasteiger partial charge in [0.25, 0.3) is 0 Å². The van der Waals surface area contributed by atoms with Crippen molar-refractivity contribution < 1.29 is 79.5 Å². The molecule has 3 aliphatic rings. The Hall–Kier alpha value is -1.09. The highest BCUT2D eigenvalue weighted by Gasteiger charge is 2.54. The molecule has 0 spiro atoms. The Morgan fingerprint density at radius 3 is 1.79 bits per heavy atom. The van der Waals surface area contributed by atoms with E-state index in [1.54, 1.807) is 0 Å². The number of aliphatic carboxylic acids is 1. The van der Waals surface area contributed by atoms with Crippen molar-refractivity contribution in [2.75, 3.05) is 6.61 Å². The highest BCUT2D eigenvalue weighted by atomic mass is 16.8. The fourth-order valence-corrected chi connectivity index (χ4v) is 3.96. The van der Waals surface area contributed by atoms with E-state index in [-0.39, 0.29) is 0 Å². The van der Waals surface area contributed by atoms with Gasteiger partial charge in [-0.1, -0.05) is 0 Å². The van der Waals surface area contributed by atoms with Crippen molar-refractivity contribution in [2.24, 2.45) is 0 Å². The number of hydrogen-bond donors (Lipinski definition) is 10. The van der Waals surface area contributed by atoms with Crippen molar-refractivity contribution in [1.82, 2.24) is 0 Å². The summed E-state index contributed by atoms with van der Waals surface area (Å²) < 4.78 is 26.3. The van der Waals surface area contributed by atoms with E-state index in [9.17, 15) is 55.9 Å². The van der Waals surface area contributed by atoms with Crippen LogP contribution in [-0.2, 0) is 28.5 Å². The fraction of sp³-hybridized carbons (Fsp3) is 0.944. The molecule has 0 amide bonds. The number of aliphatic hydroxyl groups excluding tert-OH is 9. The second-order valence-electron chi connectivity index (χ2n) is 8.36. The molecule has 1 unspecified atom stereocenters. The summed E-state index contributed by atoms with van der Waals surface area (Å²) in [6.07, 6.45) is -26.5. The van der Waals surface area contributed by atoms with Crippen molar-refractivity contribution >= 4 is 5.97 Å². The van der Waals surface area contributed by atoms with Gasteiger partial charge in [-0.05, 0) is 6.92 Å². The van der Waals surface area contributed by atoms with Crippen LogP contribution >= 0.6 is 0 Å². The Balaban J connectivity index is 1.84. The molecule has 10 N–H and O–H groups in total. The quantitative estimate of drug-likeness (QED) is 0.162. The molecule has 15 atom stereocenters. The lowest BCUT2D eigenvalue weighted by molar-refractivity contribution is -0.384. The van der Waals surface area contributed by atoms with Gasteiger partial charge in [0, 0.05) is 0 Å². The number of ether oxygens (including phenoxy) is 5. The standard InChI is InChI=1S/C18H30O16/c1-3-5(20)7(22)10(25)17(30-3)32-12-6(21)4(2-19)31-16(29)14(12)34-18-11(26)8(23)9(24)13(33-18)15(27)28/h3-14,16-26,29H,2H2,1H3,(H,27,28)/t3-,4+,5-,6+,7+,8-,9-,10+,11+,12-,13-,14-,16?,17-,18-/m0/s1. The zero-order chi connectivity index (χ0) is 25.5. The van der Waals surface area contributed by atoms with E-state index in [1.807, 2.05) is 0 Å². The van der Waals surface area contributed by atoms with Crippen LogP contribution in [0.1, 0.15) is 6.92 Å². The Labute approximate surface area is 192 Å². The molecular weight excluding hydrogens is 472 g/mol. The molecule has 0 aromatic carbocycles. The predicted octanol–water partition coefficient (Wildman–Crippen LogP) is -6.45. The van der Waals surface area contributed by atoms with Gasteiger partial charge < -0.3 is 74.7 Å². The largest absolute Gasteiger partial charge is 0.479 e. The van der Waals surface area contributed by atoms with E-state index < -0.39 is 105 Å². The first kappa shape index (κ1) is 27.5. The molecule has 34 heavy (non-hydrogen) atoms. The molecule has 198 valence electrons. The van der Waals surface area contributed by atoms with Gasteiger partial charge >= 0.3 is 5.97 Å². The molecule has 16 nitrogen and oxygen atoms in total. The van der Waals surface area contributed by atoms with E-state index >= 15 is 0 Å². The molecule has 0 saturated carbocycles. The lowest BCUT2D eigenvalue weighted by Gasteiger charge is -2.47. The molecule has 3 heterocycles. The molecule has 3 aliphatic heterocycles. The first-order chi connectivity index (χ1) is 15.9. The minimum absolute atomic E-state index is 0.800. The normalized spacial score (nSPS) is 52.4. The van der Waals surface area contributed by atoms with E-state index in [0.29, 0.717) is 0 Å². The molecule has 3 rings (SSSR count). The molecule has 0 radical (unpaired) electrons. The van der Waals surface area contributed by atoms with Crippen molar-refractivity contribution in [3.05, 3.63) is 0 Å². The maximum absolute atomic E-state index is 11.3. The molecule has 3 saturated heterocycles. The van der Waals surface area contributed by atoms with Crippen LogP contribution in [0.5, 0.6) is 0 Å². The monoisotopic (exact) mass is 502 g/mol. The smallest absolute Gasteiger partial charge is 0.335 e. The summed E-state index contributed by atoms with van der Waals surface area (Å²) in [6.45, 7) is 0.562. The minimum Gasteiger partial charge on any atom is -0.479 e. The number of aliphatic hydroxyl groups is 9. The fourth-order valence-electron chi connectivity index (χ4n) is 3.96. The maximum atomic E-state index is 11.3. The number of carboxylic acids is 1. The van der Waals surface area contributed by atoms with E-state index in [0.717, 1.165) is 0 Å². The average molecular weight is 502 g/mol. The van der Waals surface area contributed by atoms with Crippen LogP contribution in [0.4, 0.5) is 0 Å². The van der Waals surface area contributed by atoms with Crippen LogP contribution in [0.25, 0.3) is 0 Å². The third-order valence-electron chi connectivity index (χ3n) is 6.02. The van der Waals surface area contributed by atoms with Gasteiger partial charge in [0.05, 0.1) is 12.7 Å². The van der Waals surface area contributed by atoms with E-state index in [2.05, 4.69) is 0 Å². The third kappa shape index (κ3) is 5.20. The molecular formula is C18H30O16. The van der Waals surface area contributed by atoms with Crippen molar-refractivity contribution in [3.8, 4) is 0 Å². The first-order valence-electron chi connectivity index (χ1n) is 10.4.